The Hall–Kier alpha value is -3.15. The lowest BCUT2D eigenvalue weighted by Crippen LogP contribution is -2.26. The third-order valence-corrected chi connectivity index (χ3v) is 4.69. The molecule has 0 atom stereocenters. The van der Waals surface area contributed by atoms with Crippen LogP contribution in [-0.2, 0) is 22.4 Å². The number of nitrogens with one attached hydrogen (secondary N) is 2. The van der Waals surface area contributed by atoms with Gasteiger partial charge in [0.1, 0.15) is 5.65 Å². The van der Waals surface area contributed by atoms with Crippen molar-refractivity contribution in [1.29, 1.82) is 0 Å². The Morgan fingerprint density at radius 2 is 1.89 bits per heavy atom. The summed E-state index contributed by atoms with van der Waals surface area (Å²) in [6.07, 6.45) is 6.44. The van der Waals surface area contributed by atoms with Gasteiger partial charge in [0.15, 0.2) is 0 Å². The first-order chi connectivity index (χ1) is 13.1. The van der Waals surface area contributed by atoms with E-state index in [0.717, 1.165) is 41.0 Å². The molecule has 1 fully saturated rings. The molecule has 1 aliphatic rings. The van der Waals surface area contributed by atoms with Crippen LogP contribution < -0.4 is 10.6 Å². The summed E-state index contributed by atoms with van der Waals surface area (Å²) in [7, 11) is 0. The van der Waals surface area contributed by atoms with Gasteiger partial charge in [-0.05, 0) is 49.1 Å². The topological polar surface area (TPSA) is 75.5 Å². The summed E-state index contributed by atoms with van der Waals surface area (Å²) in [5, 5.41) is 5.88. The second-order valence-corrected chi connectivity index (χ2v) is 7.07. The zero-order valence-corrected chi connectivity index (χ0v) is 15.2. The number of hydrogen-bond acceptors (Lipinski definition) is 3. The Balaban J connectivity index is 1.36. The zero-order valence-electron chi connectivity index (χ0n) is 15.2. The highest BCUT2D eigenvalue weighted by molar-refractivity contribution is 5.92. The van der Waals surface area contributed by atoms with Crippen LogP contribution in [0.1, 0.15) is 29.7 Å². The number of carbonyl (C=O) groups is 2. The van der Waals surface area contributed by atoms with Crippen molar-refractivity contribution < 1.29 is 9.59 Å². The quantitative estimate of drug-likeness (QED) is 0.708. The summed E-state index contributed by atoms with van der Waals surface area (Å²) >= 11 is 0. The van der Waals surface area contributed by atoms with E-state index in [9.17, 15) is 9.59 Å². The van der Waals surface area contributed by atoms with E-state index < -0.39 is 0 Å². The molecule has 1 saturated carbocycles. The van der Waals surface area contributed by atoms with Crippen LogP contribution in [0.15, 0.2) is 48.8 Å². The molecule has 3 aromatic rings. The van der Waals surface area contributed by atoms with Crippen LogP contribution in [0.5, 0.6) is 0 Å². The van der Waals surface area contributed by atoms with Gasteiger partial charge < -0.3 is 15.0 Å². The SMILES string of the molecule is Cc1cccn2c(CC(=O)Nc3ccc(CC(=O)NC4CC4)cc3)cnc12. The molecule has 27 heavy (non-hydrogen) atoms. The summed E-state index contributed by atoms with van der Waals surface area (Å²) in [5.41, 5.74) is 4.44. The van der Waals surface area contributed by atoms with Crippen molar-refractivity contribution in [3.63, 3.8) is 0 Å². The van der Waals surface area contributed by atoms with E-state index in [-0.39, 0.29) is 18.2 Å². The molecule has 6 nitrogen and oxygen atoms in total. The molecule has 0 radical (unpaired) electrons. The van der Waals surface area contributed by atoms with E-state index in [1.807, 2.05) is 53.9 Å². The first kappa shape index (κ1) is 17.3. The second kappa shape index (κ2) is 7.23. The maximum Gasteiger partial charge on any atom is 0.230 e. The standard InChI is InChI=1S/C21H22N4O2/c1-14-3-2-10-25-18(13-22-21(14)25)12-20(27)24-16-6-4-15(5-7-16)11-19(26)23-17-8-9-17/h2-7,10,13,17H,8-9,11-12H2,1H3,(H,23,26)(H,24,27). The van der Waals surface area contributed by atoms with Gasteiger partial charge >= 0.3 is 0 Å². The fourth-order valence-electron chi connectivity index (χ4n) is 3.10. The van der Waals surface area contributed by atoms with Gasteiger partial charge in [0, 0.05) is 24.1 Å². The smallest absolute Gasteiger partial charge is 0.230 e. The van der Waals surface area contributed by atoms with Crippen molar-refractivity contribution in [1.82, 2.24) is 14.7 Å². The third kappa shape index (κ3) is 4.16. The first-order valence-corrected chi connectivity index (χ1v) is 9.18. The Morgan fingerprint density at radius 1 is 1.11 bits per heavy atom. The fraction of sp³-hybridized carbons (Fsp3) is 0.286. The number of carbonyl (C=O) groups excluding carboxylic acids is 2. The molecule has 0 spiro atoms. The molecule has 2 N–H and O–H groups in total. The zero-order chi connectivity index (χ0) is 18.8. The number of aryl methyl sites for hydroxylation is 1. The van der Waals surface area contributed by atoms with Crippen LogP contribution in [-0.4, -0.2) is 27.2 Å². The van der Waals surface area contributed by atoms with Crippen LogP contribution >= 0.6 is 0 Å². The number of imidazole rings is 1. The molecule has 2 amide bonds. The number of fused-ring (bicyclic) bond motifs is 1. The molecule has 1 aromatic carbocycles. The van der Waals surface area contributed by atoms with Gasteiger partial charge in [-0.15, -0.1) is 0 Å². The lowest BCUT2D eigenvalue weighted by molar-refractivity contribution is -0.120. The summed E-state index contributed by atoms with van der Waals surface area (Å²) in [5.74, 6) is -0.0466. The Labute approximate surface area is 157 Å². The van der Waals surface area contributed by atoms with E-state index in [1.54, 1.807) is 6.20 Å². The molecular formula is C21H22N4O2. The number of amides is 2. The Kier molecular flexibility index (Phi) is 4.62. The predicted molar refractivity (Wildman–Crippen MR) is 104 cm³/mol. The monoisotopic (exact) mass is 362 g/mol. The van der Waals surface area contributed by atoms with Crippen molar-refractivity contribution in [3.05, 3.63) is 65.6 Å². The Morgan fingerprint density at radius 3 is 2.63 bits per heavy atom. The highest BCUT2D eigenvalue weighted by atomic mass is 16.2. The number of pyridine rings is 1. The minimum Gasteiger partial charge on any atom is -0.353 e. The van der Waals surface area contributed by atoms with Crippen LogP contribution in [0.25, 0.3) is 5.65 Å². The average molecular weight is 362 g/mol. The molecule has 0 bridgehead atoms. The van der Waals surface area contributed by atoms with Crippen molar-refractivity contribution in [2.75, 3.05) is 5.32 Å². The van der Waals surface area contributed by atoms with Crippen molar-refractivity contribution >= 4 is 23.1 Å². The van der Waals surface area contributed by atoms with Gasteiger partial charge in [-0.25, -0.2) is 4.98 Å². The number of anilines is 1. The maximum absolute atomic E-state index is 12.4. The number of rotatable bonds is 6. The van der Waals surface area contributed by atoms with Crippen LogP contribution in [0.4, 0.5) is 5.69 Å². The molecule has 2 heterocycles. The lowest BCUT2D eigenvalue weighted by Gasteiger charge is -2.07. The second-order valence-electron chi connectivity index (χ2n) is 7.07. The van der Waals surface area contributed by atoms with Crippen LogP contribution in [0, 0.1) is 6.92 Å². The fourth-order valence-corrected chi connectivity index (χ4v) is 3.10. The highest BCUT2D eigenvalue weighted by Gasteiger charge is 2.23. The molecule has 2 aromatic heterocycles. The van der Waals surface area contributed by atoms with Gasteiger partial charge in [-0.2, -0.15) is 0 Å². The molecule has 0 unspecified atom stereocenters. The van der Waals surface area contributed by atoms with E-state index in [4.69, 9.17) is 0 Å². The van der Waals surface area contributed by atoms with E-state index in [0.29, 0.717) is 12.5 Å². The summed E-state index contributed by atoms with van der Waals surface area (Å²) in [6, 6.07) is 11.7. The van der Waals surface area contributed by atoms with Crippen LogP contribution in [0.3, 0.4) is 0 Å². The predicted octanol–water partition coefficient (Wildman–Crippen LogP) is 2.65. The first-order valence-electron chi connectivity index (χ1n) is 9.18. The molecule has 138 valence electrons. The van der Waals surface area contributed by atoms with Crippen molar-refractivity contribution in [3.8, 4) is 0 Å². The lowest BCUT2D eigenvalue weighted by atomic mass is 10.1. The number of nitrogens with zero attached hydrogens (tertiary/aromatic N) is 2. The minimum atomic E-state index is -0.0995. The molecule has 0 saturated heterocycles. The van der Waals surface area contributed by atoms with Crippen molar-refractivity contribution in [2.24, 2.45) is 0 Å². The van der Waals surface area contributed by atoms with E-state index in [1.165, 1.54) is 0 Å². The summed E-state index contributed by atoms with van der Waals surface area (Å²) in [4.78, 5) is 28.6. The van der Waals surface area contributed by atoms with Gasteiger partial charge in [-0.1, -0.05) is 18.2 Å². The minimum absolute atomic E-state index is 0.0530. The molecular weight excluding hydrogens is 340 g/mol. The van der Waals surface area contributed by atoms with E-state index >= 15 is 0 Å². The van der Waals surface area contributed by atoms with Crippen molar-refractivity contribution in [2.45, 2.75) is 38.6 Å². The largest absolute Gasteiger partial charge is 0.353 e. The maximum atomic E-state index is 12.4. The third-order valence-electron chi connectivity index (χ3n) is 4.69. The highest BCUT2D eigenvalue weighted by Crippen LogP contribution is 2.19. The van der Waals surface area contributed by atoms with Gasteiger partial charge in [0.2, 0.25) is 11.8 Å². The number of hydrogen-bond donors (Lipinski definition) is 2. The molecule has 6 heteroatoms. The molecule has 0 aliphatic heterocycles. The molecule has 4 rings (SSSR count). The summed E-state index contributed by atoms with van der Waals surface area (Å²) < 4.78 is 1.94. The van der Waals surface area contributed by atoms with Gasteiger partial charge in [-0.3, -0.25) is 9.59 Å². The van der Waals surface area contributed by atoms with Gasteiger partial charge in [0.25, 0.3) is 0 Å². The molecule has 1 aliphatic carbocycles. The average Bonchev–Trinajstić information content (AvgIpc) is 3.36. The normalized spacial score (nSPS) is 13.5. The van der Waals surface area contributed by atoms with Gasteiger partial charge in [0.05, 0.1) is 18.5 Å². The summed E-state index contributed by atoms with van der Waals surface area (Å²) in [6.45, 7) is 2.00. The van der Waals surface area contributed by atoms with Crippen LogP contribution in [0.2, 0.25) is 0 Å². The number of aromatic nitrogens is 2. The number of benzene rings is 1. The van der Waals surface area contributed by atoms with E-state index in [2.05, 4.69) is 15.6 Å². The Bertz CT molecular complexity index is 987.